The summed E-state index contributed by atoms with van der Waals surface area (Å²) < 4.78 is 0.948. The van der Waals surface area contributed by atoms with Gasteiger partial charge >= 0.3 is 0 Å². The van der Waals surface area contributed by atoms with Gasteiger partial charge in [0.2, 0.25) is 5.91 Å². The highest BCUT2D eigenvalue weighted by Gasteiger charge is 2.32. The van der Waals surface area contributed by atoms with E-state index in [4.69, 9.17) is 0 Å². The van der Waals surface area contributed by atoms with Crippen molar-refractivity contribution in [3.63, 3.8) is 0 Å². The van der Waals surface area contributed by atoms with Crippen LogP contribution in [0, 0.1) is 6.92 Å². The van der Waals surface area contributed by atoms with Crippen LogP contribution in [0.3, 0.4) is 0 Å². The molecule has 1 aliphatic rings. The molecule has 0 fully saturated rings. The van der Waals surface area contributed by atoms with E-state index in [1.165, 1.54) is 0 Å². The molecular formula is C20H15BrN2O. The summed E-state index contributed by atoms with van der Waals surface area (Å²) in [7, 11) is 0. The van der Waals surface area contributed by atoms with Crippen molar-refractivity contribution in [2.75, 3.05) is 5.32 Å². The second-order valence-corrected chi connectivity index (χ2v) is 6.89. The van der Waals surface area contributed by atoms with Crippen LogP contribution in [0.5, 0.6) is 0 Å². The number of hydrogen-bond donors (Lipinski definition) is 1. The molecule has 24 heavy (non-hydrogen) atoms. The lowest BCUT2D eigenvalue weighted by Crippen LogP contribution is -2.13. The van der Waals surface area contributed by atoms with Gasteiger partial charge in [-0.3, -0.25) is 9.78 Å². The minimum atomic E-state index is -0.240. The molecule has 118 valence electrons. The standard InChI is InChI=1S/C20H15BrN2O/c1-12-3-2-4-17-18(12)19(20(24)23-17)14-7-5-13(6-8-14)15-9-16(21)11-22-10-15/h2-11,19H,1H3,(H,23,24). The van der Waals surface area contributed by atoms with Crippen LogP contribution in [0.1, 0.15) is 22.6 Å². The third-order valence-corrected chi connectivity index (χ3v) is 4.85. The van der Waals surface area contributed by atoms with Gasteiger partial charge in [-0.15, -0.1) is 0 Å². The van der Waals surface area contributed by atoms with Gasteiger partial charge in [0, 0.05) is 28.1 Å². The molecule has 1 amide bonds. The van der Waals surface area contributed by atoms with E-state index in [-0.39, 0.29) is 11.8 Å². The molecule has 1 N–H and O–H groups in total. The van der Waals surface area contributed by atoms with E-state index < -0.39 is 0 Å². The van der Waals surface area contributed by atoms with Crippen LogP contribution >= 0.6 is 15.9 Å². The Morgan fingerprint density at radius 2 is 1.83 bits per heavy atom. The SMILES string of the molecule is Cc1cccc2c1C(c1ccc(-c3cncc(Br)c3)cc1)C(=O)N2. The number of anilines is 1. The Morgan fingerprint density at radius 1 is 1.04 bits per heavy atom. The highest BCUT2D eigenvalue weighted by molar-refractivity contribution is 9.10. The lowest BCUT2D eigenvalue weighted by atomic mass is 9.89. The zero-order valence-electron chi connectivity index (χ0n) is 13.1. The Morgan fingerprint density at radius 3 is 2.58 bits per heavy atom. The molecule has 2 aromatic carbocycles. The van der Waals surface area contributed by atoms with Gasteiger partial charge in [-0.1, -0.05) is 36.4 Å². The highest BCUT2D eigenvalue weighted by atomic mass is 79.9. The largest absolute Gasteiger partial charge is 0.325 e. The van der Waals surface area contributed by atoms with Crippen LogP contribution < -0.4 is 5.32 Å². The number of nitrogens with zero attached hydrogens (tertiary/aromatic N) is 1. The number of fused-ring (bicyclic) bond motifs is 1. The number of benzene rings is 2. The van der Waals surface area contributed by atoms with Crippen LogP contribution in [0.2, 0.25) is 0 Å². The van der Waals surface area contributed by atoms with E-state index in [2.05, 4.69) is 26.2 Å². The Kier molecular flexibility index (Phi) is 3.69. The first kappa shape index (κ1) is 15.1. The van der Waals surface area contributed by atoms with Gasteiger partial charge in [-0.2, -0.15) is 0 Å². The van der Waals surface area contributed by atoms with Gasteiger partial charge in [0.25, 0.3) is 0 Å². The molecule has 3 nitrogen and oxygen atoms in total. The Labute approximate surface area is 148 Å². The summed E-state index contributed by atoms with van der Waals surface area (Å²) in [6, 6.07) is 16.2. The maximum Gasteiger partial charge on any atom is 0.236 e. The maximum atomic E-state index is 12.5. The van der Waals surface area contributed by atoms with Crippen LogP contribution in [-0.2, 0) is 4.79 Å². The zero-order valence-corrected chi connectivity index (χ0v) is 14.7. The molecule has 2 heterocycles. The van der Waals surface area contributed by atoms with Crippen molar-refractivity contribution >= 4 is 27.5 Å². The zero-order chi connectivity index (χ0) is 16.7. The number of rotatable bonds is 2. The molecule has 0 radical (unpaired) electrons. The molecule has 0 saturated carbocycles. The average Bonchev–Trinajstić information content (AvgIpc) is 2.92. The number of carbonyl (C=O) groups excluding carboxylic acids is 1. The van der Waals surface area contributed by atoms with Crippen molar-refractivity contribution in [3.8, 4) is 11.1 Å². The fourth-order valence-electron chi connectivity index (χ4n) is 3.26. The second kappa shape index (κ2) is 5.87. The molecule has 1 aromatic heterocycles. The van der Waals surface area contributed by atoms with E-state index >= 15 is 0 Å². The fourth-order valence-corrected chi connectivity index (χ4v) is 3.63. The number of amides is 1. The summed E-state index contributed by atoms with van der Waals surface area (Å²) in [5.41, 5.74) is 6.27. The Balaban J connectivity index is 1.73. The molecule has 0 aliphatic carbocycles. The highest BCUT2D eigenvalue weighted by Crippen LogP contribution is 2.39. The van der Waals surface area contributed by atoms with Gasteiger partial charge in [0.1, 0.15) is 0 Å². The number of hydrogen-bond acceptors (Lipinski definition) is 2. The lowest BCUT2D eigenvalue weighted by molar-refractivity contribution is -0.116. The van der Waals surface area contributed by atoms with Gasteiger partial charge in [0.05, 0.1) is 5.92 Å². The topological polar surface area (TPSA) is 42.0 Å². The van der Waals surface area contributed by atoms with Gasteiger partial charge in [-0.05, 0) is 57.2 Å². The van der Waals surface area contributed by atoms with E-state index in [9.17, 15) is 4.79 Å². The number of pyridine rings is 1. The van der Waals surface area contributed by atoms with Crippen molar-refractivity contribution in [2.45, 2.75) is 12.8 Å². The fraction of sp³-hybridized carbons (Fsp3) is 0.100. The molecule has 1 atom stereocenters. The molecule has 3 aromatic rings. The summed E-state index contributed by atoms with van der Waals surface area (Å²) in [6.45, 7) is 2.05. The normalized spacial score (nSPS) is 15.9. The Hall–Kier alpha value is -2.46. The number of aryl methyl sites for hydroxylation is 1. The lowest BCUT2D eigenvalue weighted by Gasteiger charge is -2.12. The number of carbonyl (C=O) groups is 1. The van der Waals surface area contributed by atoms with Crippen molar-refractivity contribution in [1.82, 2.24) is 4.98 Å². The van der Waals surface area contributed by atoms with E-state index in [0.29, 0.717) is 0 Å². The summed E-state index contributed by atoms with van der Waals surface area (Å²) in [4.78, 5) is 16.7. The predicted molar refractivity (Wildman–Crippen MR) is 99.0 cm³/mol. The molecule has 0 saturated heterocycles. The van der Waals surface area contributed by atoms with Crippen molar-refractivity contribution in [3.05, 3.63) is 82.1 Å². The first-order valence-electron chi connectivity index (χ1n) is 7.75. The van der Waals surface area contributed by atoms with E-state index in [1.807, 2.05) is 61.7 Å². The van der Waals surface area contributed by atoms with Crippen LogP contribution in [0.15, 0.2) is 65.4 Å². The monoisotopic (exact) mass is 378 g/mol. The smallest absolute Gasteiger partial charge is 0.236 e. The Bertz CT molecular complexity index is 935. The average molecular weight is 379 g/mol. The molecule has 4 heteroatoms. The van der Waals surface area contributed by atoms with Gasteiger partial charge < -0.3 is 5.32 Å². The third-order valence-electron chi connectivity index (χ3n) is 4.42. The van der Waals surface area contributed by atoms with Crippen LogP contribution in [0.4, 0.5) is 5.69 Å². The van der Waals surface area contributed by atoms with Gasteiger partial charge in [-0.25, -0.2) is 0 Å². The molecule has 0 bridgehead atoms. The quantitative estimate of drug-likeness (QED) is 0.688. The molecular weight excluding hydrogens is 364 g/mol. The third kappa shape index (κ3) is 2.53. The maximum absolute atomic E-state index is 12.5. The predicted octanol–water partition coefficient (Wildman–Crippen LogP) is 4.90. The van der Waals surface area contributed by atoms with Crippen molar-refractivity contribution in [1.29, 1.82) is 0 Å². The minimum absolute atomic E-state index is 0.0381. The van der Waals surface area contributed by atoms with Crippen molar-refractivity contribution < 1.29 is 4.79 Å². The second-order valence-electron chi connectivity index (χ2n) is 5.97. The first-order chi connectivity index (χ1) is 11.6. The van der Waals surface area contributed by atoms with Crippen LogP contribution in [-0.4, -0.2) is 10.9 Å². The number of aromatic nitrogens is 1. The summed E-state index contributed by atoms with van der Waals surface area (Å²) >= 11 is 3.45. The molecule has 1 aliphatic heterocycles. The summed E-state index contributed by atoms with van der Waals surface area (Å²) in [5.74, 6) is -0.202. The van der Waals surface area contributed by atoms with Gasteiger partial charge in [0.15, 0.2) is 0 Å². The molecule has 0 spiro atoms. The van der Waals surface area contributed by atoms with Crippen molar-refractivity contribution in [2.24, 2.45) is 0 Å². The first-order valence-corrected chi connectivity index (χ1v) is 8.54. The number of halogens is 1. The number of nitrogens with one attached hydrogen (secondary N) is 1. The van der Waals surface area contributed by atoms with Crippen LogP contribution in [0.25, 0.3) is 11.1 Å². The minimum Gasteiger partial charge on any atom is -0.325 e. The summed E-state index contributed by atoms with van der Waals surface area (Å²) in [5, 5.41) is 2.99. The van der Waals surface area contributed by atoms with E-state index in [0.717, 1.165) is 38.0 Å². The molecule has 1 unspecified atom stereocenters. The summed E-state index contributed by atoms with van der Waals surface area (Å²) in [6.07, 6.45) is 3.60. The van der Waals surface area contributed by atoms with E-state index in [1.54, 1.807) is 6.20 Å². The molecule has 4 rings (SSSR count).